The summed E-state index contributed by atoms with van der Waals surface area (Å²) in [6, 6.07) is 6.83. The van der Waals surface area contributed by atoms with Crippen molar-refractivity contribution in [3.05, 3.63) is 70.5 Å². The number of fused-ring (bicyclic) bond motifs is 1. The van der Waals surface area contributed by atoms with E-state index < -0.39 is 5.60 Å². The third kappa shape index (κ3) is 2.85. The van der Waals surface area contributed by atoms with Crippen LogP contribution in [0.3, 0.4) is 0 Å². The molecule has 1 aliphatic carbocycles. The number of carbonyl (C=O) groups excluding carboxylic acids is 2. The van der Waals surface area contributed by atoms with Crippen LogP contribution >= 0.6 is 0 Å². The third-order valence-corrected chi connectivity index (χ3v) is 4.43. The van der Waals surface area contributed by atoms with E-state index in [4.69, 9.17) is 9.84 Å². The zero-order valence-corrected chi connectivity index (χ0v) is 13.8. The van der Waals surface area contributed by atoms with E-state index in [0.717, 1.165) is 5.57 Å². The molecular formula is C20H20O4. The topological polar surface area (TPSA) is 63.6 Å². The van der Waals surface area contributed by atoms with Crippen LogP contribution in [0.1, 0.15) is 47.4 Å². The first kappa shape index (κ1) is 16.4. The van der Waals surface area contributed by atoms with Crippen molar-refractivity contribution < 1.29 is 19.4 Å². The molecule has 1 aromatic carbocycles. The maximum atomic E-state index is 12.7. The number of hydrogen-bond donors (Lipinski definition) is 1. The lowest BCUT2D eigenvalue weighted by Crippen LogP contribution is -2.34. The molecule has 3 rings (SSSR count). The Balaban J connectivity index is 1.85. The fourth-order valence-corrected chi connectivity index (χ4v) is 2.96. The molecule has 0 amide bonds. The highest BCUT2D eigenvalue weighted by atomic mass is 16.5. The van der Waals surface area contributed by atoms with Gasteiger partial charge in [0.2, 0.25) is 5.78 Å². The molecule has 0 bridgehead atoms. The highest BCUT2D eigenvalue weighted by molar-refractivity contribution is 6.27. The van der Waals surface area contributed by atoms with E-state index in [1.807, 2.05) is 26.0 Å². The summed E-state index contributed by atoms with van der Waals surface area (Å²) in [5.41, 5.74) is 1.41. The van der Waals surface area contributed by atoms with E-state index in [9.17, 15) is 9.59 Å². The van der Waals surface area contributed by atoms with Crippen molar-refractivity contribution in [1.82, 2.24) is 0 Å². The normalized spacial score (nSPS) is 23.0. The minimum absolute atomic E-state index is 0.0342. The van der Waals surface area contributed by atoms with Gasteiger partial charge in [0.05, 0.1) is 12.2 Å². The number of ether oxygens (including phenoxy) is 1. The lowest BCUT2D eigenvalue weighted by atomic mass is 9.84. The number of benzene rings is 1. The summed E-state index contributed by atoms with van der Waals surface area (Å²) in [5, 5.41) is 9.04. The van der Waals surface area contributed by atoms with Gasteiger partial charge in [0.1, 0.15) is 5.60 Å². The molecule has 24 heavy (non-hydrogen) atoms. The van der Waals surface area contributed by atoms with Gasteiger partial charge in [-0.25, -0.2) is 0 Å². The van der Waals surface area contributed by atoms with E-state index in [1.165, 1.54) is 0 Å². The summed E-state index contributed by atoms with van der Waals surface area (Å²) in [5.74, 6) is -0.265. The summed E-state index contributed by atoms with van der Waals surface area (Å²) in [4.78, 5) is 25.3. The number of carbonyl (C=O) groups is 2. The average Bonchev–Trinajstić information content (AvgIpc) is 2.59. The van der Waals surface area contributed by atoms with Crippen molar-refractivity contribution in [2.24, 2.45) is 0 Å². The molecule has 0 unspecified atom stereocenters. The Morgan fingerprint density at radius 2 is 1.88 bits per heavy atom. The fraction of sp³-hybridized carbons (Fsp3) is 0.300. The van der Waals surface area contributed by atoms with Crippen molar-refractivity contribution in [2.75, 3.05) is 6.61 Å². The Morgan fingerprint density at radius 1 is 1.21 bits per heavy atom. The molecule has 0 fully saturated rings. The molecular weight excluding hydrogens is 304 g/mol. The number of allylic oxidation sites excluding steroid dienone is 4. The van der Waals surface area contributed by atoms with Crippen molar-refractivity contribution >= 4 is 11.6 Å². The van der Waals surface area contributed by atoms with Gasteiger partial charge in [-0.15, -0.1) is 0 Å². The van der Waals surface area contributed by atoms with Gasteiger partial charge in [0.15, 0.2) is 11.5 Å². The first-order valence-electron chi connectivity index (χ1n) is 8.02. The Labute approximate surface area is 141 Å². The Hall–Kier alpha value is -2.46. The predicted octanol–water partition coefficient (Wildman–Crippen LogP) is 3.38. The van der Waals surface area contributed by atoms with E-state index in [1.54, 1.807) is 30.3 Å². The fourth-order valence-electron chi connectivity index (χ4n) is 2.96. The number of ketones is 2. The maximum Gasteiger partial charge on any atom is 0.229 e. The van der Waals surface area contributed by atoms with Crippen molar-refractivity contribution in [3.63, 3.8) is 0 Å². The van der Waals surface area contributed by atoms with E-state index in [-0.39, 0.29) is 23.9 Å². The molecule has 1 aromatic rings. The molecule has 0 saturated heterocycles. The summed E-state index contributed by atoms with van der Waals surface area (Å²) < 4.78 is 5.96. The van der Waals surface area contributed by atoms with Crippen LogP contribution in [0.4, 0.5) is 0 Å². The molecule has 1 atom stereocenters. The number of hydrogen-bond acceptors (Lipinski definition) is 4. The highest BCUT2D eigenvalue weighted by Gasteiger charge is 2.38. The van der Waals surface area contributed by atoms with Crippen molar-refractivity contribution in [3.8, 4) is 0 Å². The van der Waals surface area contributed by atoms with Gasteiger partial charge in [-0.05, 0) is 38.8 Å². The van der Waals surface area contributed by atoms with Gasteiger partial charge < -0.3 is 9.84 Å². The zero-order chi connectivity index (χ0) is 17.3. The van der Waals surface area contributed by atoms with E-state index in [2.05, 4.69) is 0 Å². The summed E-state index contributed by atoms with van der Waals surface area (Å²) in [6.07, 6.45) is 6.87. The first-order chi connectivity index (χ1) is 11.4. The van der Waals surface area contributed by atoms with Crippen molar-refractivity contribution in [1.29, 1.82) is 0 Å². The SMILES string of the molecule is C/C(=C\CC[C@]1(C)C=CC2=C(O1)C(=O)c1ccccc1C2=O)CO. The van der Waals surface area contributed by atoms with Crippen LogP contribution in [-0.2, 0) is 4.74 Å². The Kier molecular flexibility index (Phi) is 4.24. The largest absolute Gasteiger partial charge is 0.479 e. The molecule has 0 spiro atoms. The monoisotopic (exact) mass is 324 g/mol. The second kappa shape index (κ2) is 6.21. The Morgan fingerprint density at radius 3 is 2.54 bits per heavy atom. The van der Waals surface area contributed by atoms with Gasteiger partial charge >= 0.3 is 0 Å². The molecule has 0 radical (unpaired) electrons. The Bertz CT molecular complexity index is 798. The smallest absolute Gasteiger partial charge is 0.229 e. The molecule has 124 valence electrons. The van der Waals surface area contributed by atoms with Crippen LogP contribution in [0.2, 0.25) is 0 Å². The minimum atomic E-state index is -0.646. The molecule has 0 saturated carbocycles. The molecule has 4 heteroatoms. The van der Waals surface area contributed by atoms with Gasteiger partial charge in [0.25, 0.3) is 0 Å². The molecule has 2 aliphatic rings. The second-order valence-electron chi connectivity index (χ2n) is 6.44. The maximum absolute atomic E-state index is 12.7. The second-order valence-corrected chi connectivity index (χ2v) is 6.44. The van der Waals surface area contributed by atoms with Crippen LogP contribution in [0, 0.1) is 0 Å². The zero-order valence-electron chi connectivity index (χ0n) is 13.8. The van der Waals surface area contributed by atoms with Crippen LogP contribution < -0.4 is 0 Å². The van der Waals surface area contributed by atoms with Gasteiger partial charge in [-0.3, -0.25) is 9.59 Å². The average molecular weight is 324 g/mol. The quantitative estimate of drug-likeness (QED) is 0.862. The molecule has 1 N–H and O–H groups in total. The van der Waals surface area contributed by atoms with Gasteiger partial charge in [-0.1, -0.05) is 35.9 Å². The van der Waals surface area contributed by atoms with Crippen LogP contribution in [0.25, 0.3) is 0 Å². The molecule has 1 aliphatic heterocycles. The lowest BCUT2D eigenvalue weighted by Gasteiger charge is -2.34. The van der Waals surface area contributed by atoms with Crippen LogP contribution in [0.5, 0.6) is 0 Å². The summed E-state index contributed by atoms with van der Waals surface area (Å²) >= 11 is 0. The van der Waals surface area contributed by atoms with Gasteiger partial charge in [0, 0.05) is 11.1 Å². The number of rotatable bonds is 4. The number of Topliss-reactive ketones (excluding diaryl/α,β-unsaturated/α-hetero) is 2. The van der Waals surface area contributed by atoms with Crippen LogP contribution in [-0.4, -0.2) is 28.9 Å². The van der Waals surface area contributed by atoms with Crippen LogP contribution in [0.15, 0.2) is 59.4 Å². The summed E-state index contributed by atoms with van der Waals surface area (Å²) in [7, 11) is 0. The minimum Gasteiger partial charge on any atom is -0.479 e. The first-order valence-corrected chi connectivity index (χ1v) is 8.02. The lowest BCUT2D eigenvalue weighted by molar-refractivity contribution is 0.0395. The predicted molar refractivity (Wildman–Crippen MR) is 90.8 cm³/mol. The number of aliphatic hydroxyl groups is 1. The third-order valence-electron chi connectivity index (χ3n) is 4.43. The van der Waals surface area contributed by atoms with Gasteiger partial charge in [-0.2, -0.15) is 0 Å². The summed E-state index contributed by atoms with van der Waals surface area (Å²) in [6.45, 7) is 3.79. The molecule has 0 aromatic heterocycles. The van der Waals surface area contributed by atoms with E-state index in [0.29, 0.717) is 29.5 Å². The number of aliphatic hydroxyl groups excluding tert-OH is 1. The molecule has 4 nitrogen and oxygen atoms in total. The van der Waals surface area contributed by atoms with E-state index >= 15 is 0 Å². The standard InChI is InChI=1S/C20H20O4/c1-13(12-21)6-5-10-20(2)11-9-16-17(22)14-7-3-4-8-15(14)18(23)19(16)24-20/h3-4,6-9,11,21H,5,10,12H2,1-2H3/b13-6+/t20-/m1/s1. The molecule has 1 heterocycles. The highest BCUT2D eigenvalue weighted by Crippen LogP contribution is 2.36. The van der Waals surface area contributed by atoms with Crippen molar-refractivity contribution in [2.45, 2.75) is 32.3 Å².